The van der Waals surface area contributed by atoms with Gasteiger partial charge in [-0.05, 0) is 42.9 Å². The maximum atomic E-state index is 6.24. The highest BCUT2D eigenvalue weighted by molar-refractivity contribution is 7.09. The fourth-order valence-electron chi connectivity index (χ4n) is 2.37. The van der Waals surface area contributed by atoms with Gasteiger partial charge < -0.3 is 5.73 Å². The second-order valence-corrected chi connectivity index (χ2v) is 6.14. The Morgan fingerprint density at radius 3 is 2.60 bits per heavy atom. The molecular formula is C17H24N2S. The highest BCUT2D eigenvalue weighted by atomic mass is 32.1. The van der Waals surface area contributed by atoms with Crippen LogP contribution in [-0.2, 0) is 6.54 Å². The van der Waals surface area contributed by atoms with E-state index in [1.54, 1.807) is 0 Å². The maximum absolute atomic E-state index is 6.24. The van der Waals surface area contributed by atoms with E-state index < -0.39 is 0 Å². The number of hydrogen-bond acceptors (Lipinski definition) is 3. The van der Waals surface area contributed by atoms with Gasteiger partial charge in [0.25, 0.3) is 0 Å². The van der Waals surface area contributed by atoms with Crippen LogP contribution in [0.15, 0.2) is 47.8 Å². The van der Waals surface area contributed by atoms with E-state index in [1.807, 2.05) is 17.4 Å². The van der Waals surface area contributed by atoms with Crippen LogP contribution in [0.3, 0.4) is 0 Å². The van der Waals surface area contributed by atoms with E-state index in [0.717, 1.165) is 32.5 Å². The average Bonchev–Trinajstić information content (AvgIpc) is 3.00. The molecule has 2 rings (SSSR count). The van der Waals surface area contributed by atoms with Crippen molar-refractivity contribution >= 4 is 11.3 Å². The molecule has 0 amide bonds. The van der Waals surface area contributed by atoms with Crippen molar-refractivity contribution in [3.63, 3.8) is 0 Å². The topological polar surface area (TPSA) is 29.3 Å². The summed E-state index contributed by atoms with van der Waals surface area (Å²) in [6.07, 6.45) is 2.19. The third-order valence-corrected chi connectivity index (χ3v) is 4.49. The fourth-order valence-corrected chi connectivity index (χ4v) is 3.12. The average molecular weight is 288 g/mol. The van der Waals surface area contributed by atoms with Crippen LogP contribution in [0, 0.1) is 0 Å². The number of thiophene rings is 1. The van der Waals surface area contributed by atoms with Crippen LogP contribution in [0.5, 0.6) is 0 Å². The fraction of sp³-hybridized carbons (Fsp3) is 0.412. The number of nitrogens with two attached hydrogens (primary N) is 1. The van der Waals surface area contributed by atoms with Crippen LogP contribution in [0.1, 0.15) is 36.2 Å². The summed E-state index contributed by atoms with van der Waals surface area (Å²) in [6.45, 7) is 5.51. The number of hydrogen-bond donors (Lipinski definition) is 1. The van der Waals surface area contributed by atoms with Gasteiger partial charge in [-0.3, -0.25) is 4.90 Å². The lowest BCUT2D eigenvalue weighted by Gasteiger charge is -2.20. The first kappa shape index (κ1) is 15.2. The molecule has 2 nitrogen and oxygen atoms in total. The molecule has 0 bridgehead atoms. The van der Waals surface area contributed by atoms with Crippen LogP contribution in [0.25, 0.3) is 0 Å². The molecule has 1 aromatic carbocycles. The zero-order valence-corrected chi connectivity index (χ0v) is 13.0. The molecule has 0 spiro atoms. The highest BCUT2D eigenvalue weighted by Crippen LogP contribution is 2.16. The SMILES string of the molecule is CCN(CCCC(N)c1ccccc1)Cc1cccs1. The summed E-state index contributed by atoms with van der Waals surface area (Å²) in [5, 5.41) is 2.15. The summed E-state index contributed by atoms with van der Waals surface area (Å²) in [5.41, 5.74) is 7.49. The van der Waals surface area contributed by atoms with E-state index in [1.165, 1.54) is 10.4 Å². The monoisotopic (exact) mass is 288 g/mol. The van der Waals surface area contributed by atoms with Crippen molar-refractivity contribution in [2.45, 2.75) is 32.4 Å². The number of benzene rings is 1. The van der Waals surface area contributed by atoms with Gasteiger partial charge in [-0.15, -0.1) is 11.3 Å². The van der Waals surface area contributed by atoms with Gasteiger partial charge in [0, 0.05) is 17.5 Å². The molecule has 0 saturated heterocycles. The molecule has 2 N–H and O–H groups in total. The summed E-state index contributed by atoms with van der Waals surface area (Å²) in [5.74, 6) is 0. The lowest BCUT2D eigenvalue weighted by atomic mass is 10.0. The Morgan fingerprint density at radius 1 is 1.15 bits per heavy atom. The van der Waals surface area contributed by atoms with E-state index in [2.05, 4.69) is 53.6 Å². The molecule has 20 heavy (non-hydrogen) atoms. The van der Waals surface area contributed by atoms with Gasteiger partial charge in [-0.2, -0.15) is 0 Å². The van der Waals surface area contributed by atoms with Crippen molar-refractivity contribution in [2.24, 2.45) is 5.73 Å². The Bertz CT molecular complexity index is 467. The predicted octanol–water partition coefficient (Wildman–Crippen LogP) is 4.05. The molecular weight excluding hydrogens is 264 g/mol. The molecule has 1 aromatic heterocycles. The molecule has 2 aromatic rings. The van der Waals surface area contributed by atoms with Gasteiger partial charge >= 0.3 is 0 Å². The molecule has 1 unspecified atom stereocenters. The second-order valence-electron chi connectivity index (χ2n) is 5.11. The van der Waals surface area contributed by atoms with Crippen molar-refractivity contribution in [2.75, 3.05) is 13.1 Å². The van der Waals surface area contributed by atoms with Gasteiger partial charge in [0.05, 0.1) is 0 Å². The maximum Gasteiger partial charge on any atom is 0.0327 e. The molecule has 3 heteroatoms. The summed E-state index contributed by atoms with van der Waals surface area (Å²) >= 11 is 1.84. The van der Waals surface area contributed by atoms with Gasteiger partial charge in [0.15, 0.2) is 0 Å². The molecule has 1 atom stereocenters. The molecule has 108 valence electrons. The lowest BCUT2D eigenvalue weighted by Crippen LogP contribution is -2.24. The molecule has 0 aliphatic heterocycles. The standard InChI is InChI=1S/C17H24N2S/c1-2-19(14-16-10-7-13-20-16)12-6-11-17(18)15-8-4-3-5-9-15/h3-5,7-10,13,17H,2,6,11-12,14,18H2,1H3. The highest BCUT2D eigenvalue weighted by Gasteiger charge is 2.08. The Labute approximate surface area is 126 Å². The van der Waals surface area contributed by atoms with Gasteiger partial charge in [0.1, 0.15) is 0 Å². The largest absolute Gasteiger partial charge is 0.324 e. The zero-order valence-electron chi connectivity index (χ0n) is 12.2. The van der Waals surface area contributed by atoms with E-state index in [9.17, 15) is 0 Å². The first-order valence-corrected chi connectivity index (χ1v) is 8.23. The van der Waals surface area contributed by atoms with Crippen LogP contribution in [0.2, 0.25) is 0 Å². The molecule has 0 fully saturated rings. The van der Waals surface area contributed by atoms with E-state index in [0.29, 0.717) is 0 Å². The van der Waals surface area contributed by atoms with Crippen molar-refractivity contribution in [1.82, 2.24) is 4.90 Å². The van der Waals surface area contributed by atoms with Crippen LogP contribution < -0.4 is 5.73 Å². The van der Waals surface area contributed by atoms with Crippen LogP contribution in [-0.4, -0.2) is 18.0 Å². The minimum absolute atomic E-state index is 0.164. The first-order valence-electron chi connectivity index (χ1n) is 7.35. The summed E-state index contributed by atoms with van der Waals surface area (Å²) < 4.78 is 0. The lowest BCUT2D eigenvalue weighted by molar-refractivity contribution is 0.273. The van der Waals surface area contributed by atoms with Crippen molar-refractivity contribution < 1.29 is 0 Å². The third-order valence-electron chi connectivity index (χ3n) is 3.62. The molecule has 1 heterocycles. The van der Waals surface area contributed by atoms with Gasteiger partial charge in [-0.1, -0.05) is 43.3 Å². The van der Waals surface area contributed by atoms with Crippen molar-refractivity contribution in [1.29, 1.82) is 0 Å². The molecule has 0 saturated carbocycles. The summed E-state index contributed by atoms with van der Waals surface area (Å²) in [4.78, 5) is 3.93. The first-order chi connectivity index (χ1) is 9.79. The Morgan fingerprint density at radius 2 is 1.95 bits per heavy atom. The number of rotatable bonds is 8. The normalized spacial score (nSPS) is 12.8. The minimum atomic E-state index is 0.164. The zero-order chi connectivity index (χ0) is 14.2. The van der Waals surface area contributed by atoms with Gasteiger partial charge in [-0.25, -0.2) is 0 Å². The smallest absolute Gasteiger partial charge is 0.0327 e. The van der Waals surface area contributed by atoms with Crippen LogP contribution in [0.4, 0.5) is 0 Å². The van der Waals surface area contributed by atoms with E-state index in [-0.39, 0.29) is 6.04 Å². The molecule has 0 aliphatic rings. The Kier molecular flexibility index (Phi) is 6.25. The number of nitrogens with zero attached hydrogens (tertiary/aromatic N) is 1. The van der Waals surface area contributed by atoms with E-state index >= 15 is 0 Å². The second kappa shape index (κ2) is 8.20. The van der Waals surface area contributed by atoms with Crippen molar-refractivity contribution in [3.05, 3.63) is 58.3 Å². The van der Waals surface area contributed by atoms with Crippen LogP contribution >= 0.6 is 11.3 Å². The molecule has 0 aliphatic carbocycles. The van der Waals surface area contributed by atoms with Crippen molar-refractivity contribution in [3.8, 4) is 0 Å². The minimum Gasteiger partial charge on any atom is -0.324 e. The Hall–Kier alpha value is -1.16. The summed E-state index contributed by atoms with van der Waals surface area (Å²) in [6, 6.07) is 14.9. The van der Waals surface area contributed by atoms with E-state index in [4.69, 9.17) is 5.73 Å². The molecule has 0 radical (unpaired) electrons. The predicted molar refractivity (Wildman–Crippen MR) is 87.9 cm³/mol. The third kappa shape index (κ3) is 4.75. The Balaban J connectivity index is 1.73. The quantitative estimate of drug-likeness (QED) is 0.794. The van der Waals surface area contributed by atoms with Gasteiger partial charge in [0.2, 0.25) is 0 Å². The summed E-state index contributed by atoms with van der Waals surface area (Å²) in [7, 11) is 0.